The third-order valence-electron chi connectivity index (χ3n) is 4.78. The number of methoxy groups -OCH3 is 1. The topological polar surface area (TPSA) is 145 Å². The summed E-state index contributed by atoms with van der Waals surface area (Å²) in [5, 5.41) is 17.9. The van der Waals surface area contributed by atoms with Gasteiger partial charge < -0.3 is 30.2 Å². The van der Waals surface area contributed by atoms with Gasteiger partial charge in [-0.05, 0) is 18.6 Å². The van der Waals surface area contributed by atoms with Crippen molar-refractivity contribution in [3.63, 3.8) is 0 Å². The average molecular weight is 492 g/mol. The average Bonchev–Trinajstić information content (AvgIpc) is 3.17. The van der Waals surface area contributed by atoms with Crippen LogP contribution in [0.25, 0.3) is 10.9 Å². The molecule has 34 heavy (non-hydrogen) atoms. The normalized spacial score (nSPS) is 14.7. The zero-order valence-electron chi connectivity index (χ0n) is 19.9. The van der Waals surface area contributed by atoms with E-state index in [9.17, 15) is 19.5 Å². The summed E-state index contributed by atoms with van der Waals surface area (Å²) in [5.41, 5.74) is 0.966. The standard InChI is InChI=1S/C23H32N4O6S/c1-13(25-20(29)18(12-34)27-22(31)33-23(2,3)4)19(28)26-17(21(30)32-5)10-14-11-24-16-9-7-6-8-15(14)16/h6-9,11,13,17-18,24,34H,10,12H2,1-5H3,(H,25,29)(H,26,28)(H,27,31)/p-1/t13-,17+,18-/m0/s1. The molecule has 1 heterocycles. The van der Waals surface area contributed by atoms with Gasteiger partial charge >= 0.3 is 5.97 Å². The van der Waals surface area contributed by atoms with Crippen LogP contribution in [0.5, 0.6) is 0 Å². The van der Waals surface area contributed by atoms with Crippen LogP contribution in [-0.4, -0.2) is 65.4 Å². The number of esters is 1. The van der Waals surface area contributed by atoms with E-state index in [1.165, 1.54) is 14.0 Å². The summed E-state index contributed by atoms with van der Waals surface area (Å²) < 4.78 is 9.94. The van der Waals surface area contributed by atoms with Gasteiger partial charge in [0, 0.05) is 34.9 Å². The van der Waals surface area contributed by atoms with Gasteiger partial charge in [-0.25, -0.2) is 4.79 Å². The molecule has 0 bridgehead atoms. The zero-order chi connectivity index (χ0) is 25.5. The highest BCUT2D eigenvalue weighted by Crippen LogP contribution is 2.19. The fourth-order valence-corrected chi connectivity index (χ4v) is 3.37. The van der Waals surface area contributed by atoms with E-state index in [-0.39, 0.29) is 12.2 Å². The summed E-state index contributed by atoms with van der Waals surface area (Å²) in [6.45, 7) is 6.49. The maximum atomic E-state index is 12.7. The molecular formula is C23H31N4O6S-. The second kappa shape index (κ2) is 11.8. The van der Waals surface area contributed by atoms with Gasteiger partial charge in [-0.15, -0.1) is 0 Å². The second-order valence-corrected chi connectivity index (χ2v) is 9.05. The number of aromatic amines is 1. The van der Waals surface area contributed by atoms with Crippen LogP contribution >= 0.6 is 12.6 Å². The Morgan fingerprint density at radius 3 is 2.47 bits per heavy atom. The molecule has 0 aliphatic rings. The number of aliphatic imine (C=N–C) groups is 1. The molecule has 10 nitrogen and oxygen atoms in total. The minimum Gasteiger partial charge on any atom is -0.595 e. The number of aromatic nitrogens is 1. The van der Waals surface area contributed by atoms with Crippen LogP contribution in [-0.2, 0) is 30.3 Å². The Morgan fingerprint density at radius 1 is 1.18 bits per heavy atom. The molecule has 0 aliphatic heterocycles. The molecule has 0 radical (unpaired) electrons. The van der Waals surface area contributed by atoms with Crippen molar-refractivity contribution in [1.82, 2.24) is 15.6 Å². The molecule has 0 spiro atoms. The van der Waals surface area contributed by atoms with Crippen LogP contribution in [0.3, 0.4) is 0 Å². The Kier molecular flexibility index (Phi) is 9.36. The molecule has 0 fully saturated rings. The third-order valence-corrected chi connectivity index (χ3v) is 5.13. The molecule has 2 rings (SSSR count). The van der Waals surface area contributed by atoms with Gasteiger partial charge in [-0.3, -0.25) is 14.6 Å². The zero-order valence-corrected chi connectivity index (χ0v) is 20.8. The van der Waals surface area contributed by atoms with Crippen LogP contribution in [0.2, 0.25) is 0 Å². The van der Waals surface area contributed by atoms with E-state index >= 15 is 0 Å². The van der Waals surface area contributed by atoms with Gasteiger partial charge in [0.2, 0.25) is 11.8 Å². The minimum absolute atomic E-state index is 0.0647. The number of fused-ring (bicyclic) bond motifs is 1. The maximum absolute atomic E-state index is 12.7. The molecule has 1 aromatic carbocycles. The Morgan fingerprint density at radius 2 is 1.85 bits per heavy atom. The van der Waals surface area contributed by atoms with Crippen molar-refractivity contribution in [3.05, 3.63) is 36.0 Å². The molecule has 0 unspecified atom stereocenters. The molecule has 0 aliphatic carbocycles. The van der Waals surface area contributed by atoms with E-state index in [0.717, 1.165) is 16.5 Å². The largest absolute Gasteiger partial charge is 0.595 e. The lowest BCUT2D eigenvalue weighted by Crippen LogP contribution is -2.53. The first-order valence-electron chi connectivity index (χ1n) is 10.7. The fourth-order valence-electron chi connectivity index (χ4n) is 3.13. The monoisotopic (exact) mass is 491 g/mol. The van der Waals surface area contributed by atoms with Gasteiger partial charge in [-0.2, -0.15) is 12.6 Å². The van der Waals surface area contributed by atoms with E-state index in [4.69, 9.17) is 9.47 Å². The summed E-state index contributed by atoms with van der Waals surface area (Å²) >= 11 is 4.06. The number of rotatable bonds is 9. The number of ether oxygens (including phenoxy) is 2. The first-order chi connectivity index (χ1) is 15.9. The van der Waals surface area contributed by atoms with E-state index in [1.807, 2.05) is 24.3 Å². The van der Waals surface area contributed by atoms with E-state index in [1.54, 1.807) is 27.0 Å². The van der Waals surface area contributed by atoms with Gasteiger partial charge in [-0.1, -0.05) is 39.0 Å². The molecular weight excluding hydrogens is 460 g/mol. The molecule has 1 aromatic heterocycles. The summed E-state index contributed by atoms with van der Waals surface area (Å²) in [6.07, 6.45) is 1.06. The van der Waals surface area contributed by atoms with E-state index < -0.39 is 47.6 Å². The number of thiol groups is 1. The van der Waals surface area contributed by atoms with Gasteiger partial charge in [0.1, 0.15) is 24.2 Å². The number of H-pyrrole nitrogens is 1. The van der Waals surface area contributed by atoms with Crippen LogP contribution in [0, 0.1) is 0 Å². The molecule has 11 heteroatoms. The molecule has 3 atom stereocenters. The summed E-state index contributed by atoms with van der Waals surface area (Å²) in [7, 11) is 1.23. The Bertz CT molecular complexity index is 1050. The van der Waals surface area contributed by atoms with Crippen molar-refractivity contribution < 1.29 is 29.0 Å². The molecule has 186 valence electrons. The van der Waals surface area contributed by atoms with Gasteiger partial charge in [0.25, 0.3) is 0 Å². The van der Waals surface area contributed by atoms with Gasteiger partial charge in [0.15, 0.2) is 0 Å². The summed E-state index contributed by atoms with van der Waals surface area (Å²) in [6, 6.07) is 4.45. The van der Waals surface area contributed by atoms with Crippen LogP contribution in [0.1, 0.15) is 33.3 Å². The highest BCUT2D eigenvalue weighted by atomic mass is 32.1. The second-order valence-electron chi connectivity index (χ2n) is 8.69. The van der Waals surface area contributed by atoms with Crippen molar-refractivity contribution >= 4 is 47.4 Å². The lowest BCUT2D eigenvalue weighted by atomic mass is 10.0. The first-order valence-corrected chi connectivity index (χ1v) is 11.4. The predicted molar refractivity (Wildman–Crippen MR) is 129 cm³/mol. The molecule has 0 saturated carbocycles. The number of hydrogen-bond acceptors (Lipinski definition) is 8. The quantitative estimate of drug-likeness (QED) is 0.176. The van der Waals surface area contributed by atoms with Crippen molar-refractivity contribution in [3.8, 4) is 0 Å². The Labute approximate surface area is 203 Å². The Hall–Kier alpha value is -3.21. The predicted octanol–water partition coefficient (Wildman–Crippen LogP) is 0.703. The number of carbonyl (C=O) groups excluding carboxylic acids is 3. The summed E-state index contributed by atoms with van der Waals surface area (Å²) in [5.74, 6) is -1.95. The third kappa shape index (κ3) is 7.68. The highest BCUT2D eigenvalue weighted by Gasteiger charge is 2.27. The number of benzene rings is 1. The SMILES string of the molecule is COC(=O)[C@@H](Cc1c[nH]c2ccccc12)NC(=O)[C@H](C)NC(=O)[C@H](CS)N=C([O-])OC(C)(C)C. The maximum Gasteiger partial charge on any atom is 0.328 e. The number of carbonyl (C=O) groups is 3. The van der Waals surface area contributed by atoms with Crippen molar-refractivity contribution in [1.29, 1.82) is 0 Å². The van der Waals surface area contributed by atoms with Crippen LogP contribution in [0.15, 0.2) is 35.5 Å². The van der Waals surface area contributed by atoms with Gasteiger partial charge in [0.05, 0.1) is 7.11 Å². The smallest absolute Gasteiger partial charge is 0.328 e. The lowest BCUT2D eigenvalue weighted by Gasteiger charge is -2.30. The van der Waals surface area contributed by atoms with Crippen LogP contribution < -0.4 is 15.7 Å². The summed E-state index contributed by atoms with van der Waals surface area (Å²) in [4.78, 5) is 44.4. The molecule has 0 saturated heterocycles. The van der Waals surface area contributed by atoms with E-state index in [2.05, 4.69) is 33.2 Å². The van der Waals surface area contributed by atoms with Crippen molar-refractivity contribution in [2.75, 3.05) is 12.9 Å². The van der Waals surface area contributed by atoms with Crippen LogP contribution in [0.4, 0.5) is 0 Å². The van der Waals surface area contributed by atoms with E-state index in [0.29, 0.717) is 0 Å². The molecule has 2 aromatic rings. The lowest BCUT2D eigenvalue weighted by molar-refractivity contribution is -0.260. The highest BCUT2D eigenvalue weighted by molar-refractivity contribution is 7.80. The number of nitrogens with one attached hydrogen (secondary N) is 3. The number of nitrogens with zero attached hydrogens (tertiary/aromatic N) is 1. The molecule has 3 N–H and O–H groups in total. The first kappa shape index (κ1) is 27.0. The number of para-hydroxylation sites is 1. The number of amides is 2. The number of hydrogen-bond donors (Lipinski definition) is 4. The minimum atomic E-state index is -1.14. The van der Waals surface area contributed by atoms with Crippen molar-refractivity contribution in [2.24, 2.45) is 4.99 Å². The molecule has 2 amide bonds. The van der Waals surface area contributed by atoms with Crippen molar-refractivity contribution in [2.45, 2.75) is 57.8 Å². The fraction of sp³-hybridized carbons (Fsp3) is 0.478. The Balaban J connectivity index is 2.06.